The van der Waals surface area contributed by atoms with Crippen molar-refractivity contribution in [2.45, 2.75) is 51.2 Å². The fraction of sp³-hybridized carbons (Fsp3) is 0.667. The van der Waals surface area contributed by atoms with Gasteiger partial charge in [0.05, 0.1) is 0 Å². The molecule has 21 heavy (non-hydrogen) atoms. The van der Waals surface area contributed by atoms with Crippen molar-refractivity contribution >= 4 is 0 Å². The molecule has 2 aliphatic rings. The molecule has 0 bridgehead atoms. The predicted octanol–water partition coefficient (Wildman–Crippen LogP) is 3.36. The van der Waals surface area contributed by atoms with E-state index in [9.17, 15) is 0 Å². The van der Waals surface area contributed by atoms with Crippen molar-refractivity contribution in [2.75, 3.05) is 26.2 Å². The van der Waals surface area contributed by atoms with Gasteiger partial charge in [-0.3, -0.25) is 0 Å². The van der Waals surface area contributed by atoms with Crippen molar-refractivity contribution in [3.05, 3.63) is 29.8 Å². The van der Waals surface area contributed by atoms with Crippen molar-refractivity contribution in [3.8, 4) is 5.75 Å². The average molecular weight is 288 g/mol. The maximum absolute atomic E-state index is 6.10. The Bertz CT molecular complexity index is 466. The number of rotatable bonds is 4. The van der Waals surface area contributed by atoms with Gasteiger partial charge >= 0.3 is 0 Å². The van der Waals surface area contributed by atoms with Gasteiger partial charge in [0, 0.05) is 31.1 Å². The fourth-order valence-electron chi connectivity index (χ4n) is 3.56. The second kappa shape index (κ2) is 6.37. The lowest BCUT2D eigenvalue weighted by atomic mass is 9.90. The first-order valence-corrected chi connectivity index (χ1v) is 8.38. The van der Waals surface area contributed by atoms with E-state index in [1.807, 2.05) is 0 Å². The highest BCUT2D eigenvalue weighted by atomic mass is 16.5. The monoisotopic (exact) mass is 288 g/mol. The molecule has 0 amide bonds. The van der Waals surface area contributed by atoms with E-state index in [4.69, 9.17) is 4.74 Å². The lowest BCUT2D eigenvalue weighted by Crippen LogP contribution is -2.42. The molecule has 1 atom stereocenters. The van der Waals surface area contributed by atoms with Crippen LogP contribution in [-0.4, -0.2) is 36.7 Å². The zero-order valence-electron chi connectivity index (χ0n) is 13.4. The molecule has 1 unspecified atom stereocenters. The maximum Gasteiger partial charge on any atom is 0.124 e. The number of benzene rings is 1. The molecule has 0 aromatic heterocycles. The normalized spacial score (nSPS) is 25.1. The van der Waals surface area contributed by atoms with Crippen LogP contribution in [0, 0.1) is 0 Å². The zero-order valence-corrected chi connectivity index (χ0v) is 13.4. The predicted molar refractivity (Wildman–Crippen MR) is 86.8 cm³/mol. The van der Waals surface area contributed by atoms with Crippen LogP contribution in [0.25, 0.3) is 0 Å². The van der Waals surface area contributed by atoms with Gasteiger partial charge in [-0.15, -0.1) is 0 Å². The summed E-state index contributed by atoms with van der Waals surface area (Å²) in [4.78, 5) is 2.59. The third kappa shape index (κ3) is 3.78. The molecule has 3 nitrogen and oxygen atoms in total. The van der Waals surface area contributed by atoms with Crippen LogP contribution in [0.3, 0.4) is 0 Å². The van der Waals surface area contributed by atoms with E-state index in [1.54, 1.807) is 0 Å². The Balaban J connectivity index is 1.59. The van der Waals surface area contributed by atoms with E-state index >= 15 is 0 Å². The second-order valence-corrected chi connectivity index (χ2v) is 7.01. The molecular formula is C18H28N2O. The highest BCUT2D eigenvalue weighted by molar-refractivity contribution is 5.38. The average Bonchev–Trinajstić information content (AvgIpc) is 2.47. The Labute approximate surface area is 128 Å². The van der Waals surface area contributed by atoms with Crippen molar-refractivity contribution in [1.82, 2.24) is 10.2 Å². The van der Waals surface area contributed by atoms with Gasteiger partial charge in [-0.05, 0) is 45.8 Å². The van der Waals surface area contributed by atoms with Crippen molar-refractivity contribution in [2.24, 2.45) is 0 Å². The van der Waals surface area contributed by atoms with Crippen molar-refractivity contribution in [1.29, 1.82) is 0 Å². The molecule has 116 valence electrons. The molecule has 0 spiro atoms. The van der Waals surface area contributed by atoms with Gasteiger partial charge in [-0.25, -0.2) is 0 Å². The summed E-state index contributed by atoms with van der Waals surface area (Å²) in [6.07, 6.45) is 5.18. The molecule has 1 aromatic carbocycles. The van der Waals surface area contributed by atoms with Gasteiger partial charge in [0.2, 0.25) is 0 Å². The lowest BCUT2D eigenvalue weighted by Gasteiger charge is -2.38. The topological polar surface area (TPSA) is 24.5 Å². The summed E-state index contributed by atoms with van der Waals surface area (Å²) < 4.78 is 6.10. The maximum atomic E-state index is 6.10. The van der Waals surface area contributed by atoms with Crippen LogP contribution in [0.2, 0.25) is 0 Å². The van der Waals surface area contributed by atoms with E-state index < -0.39 is 0 Å². The highest BCUT2D eigenvalue weighted by Crippen LogP contribution is 2.38. The lowest BCUT2D eigenvalue weighted by molar-refractivity contribution is 0.0653. The SMILES string of the molecule is CC1(C)CC(NCCN2CCCCC2)c2ccccc2O1. The molecular weight excluding hydrogens is 260 g/mol. The molecule has 1 N–H and O–H groups in total. The Kier molecular flexibility index (Phi) is 4.51. The summed E-state index contributed by atoms with van der Waals surface area (Å²) in [7, 11) is 0. The summed E-state index contributed by atoms with van der Waals surface area (Å²) in [5.41, 5.74) is 1.23. The molecule has 2 aliphatic heterocycles. The van der Waals surface area contributed by atoms with Gasteiger partial charge in [-0.2, -0.15) is 0 Å². The first kappa shape index (κ1) is 14.9. The van der Waals surface area contributed by atoms with Gasteiger partial charge < -0.3 is 15.0 Å². The van der Waals surface area contributed by atoms with Crippen LogP contribution < -0.4 is 10.1 Å². The van der Waals surface area contributed by atoms with Gasteiger partial charge in [0.1, 0.15) is 11.4 Å². The molecule has 2 heterocycles. The Morgan fingerprint density at radius 3 is 2.76 bits per heavy atom. The molecule has 3 rings (SSSR count). The summed E-state index contributed by atoms with van der Waals surface area (Å²) in [5, 5.41) is 3.76. The third-order valence-electron chi connectivity index (χ3n) is 4.64. The van der Waals surface area contributed by atoms with Crippen LogP contribution in [0.1, 0.15) is 51.1 Å². The Morgan fingerprint density at radius 2 is 1.95 bits per heavy atom. The molecule has 0 radical (unpaired) electrons. The fourth-order valence-corrected chi connectivity index (χ4v) is 3.56. The van der Waals surface area contributed by atoms with Crippen LogP contribution in [0.4, 0.5) is 0 Å². The Morgan fingerprint density at radius 1 is 1.19 bits per heavy atom. The minimum atomic E-state index is -0.0862. The second-order valence-electron chi connectivity index (χ2n) is 7.01. The molecule has 0 saturated carbocycles. The number of nitrogens with zero attached hydrogens (tertiary/aromatic N) is 1. The Hall–Kier alpha value is -1.06. The van der Waals surface area contributed by atoms with Crippen LogP contribution in [0.15, 0.2) is 24.3 Å². The summed E-state index contributed by atoms with van der Waals surface area (Å²) in [6, 6.07) is 8.87. The molecule has 0 aliphatic carbocycles. The first-order chi connectivity index (χ1) is 10.1. The smallest absolute Gasteiger partial charge is 0.124 e. The minimum Gasteiger partial charge on any atom is -0.487 e. The van der Waals surface area contributed by atoms with Gasteiger partial charge in [0.25, 0.3) is 0 Å². The number of nitrogens with one attached hydrogen (secondary N) is 1. The van der Waals surface area contributed by atoms with E-state index in [-0.39, 0.29) is 5.60 Å². The largest absolute Gasteiger partial charge is 0.487 e. The van der Waals surface area contributed by atoms with E-state index in [2.05, 4.69) is 48.3 Å². The van der Waals surface area contributed by atoms with Gasteiger partial charge in [0.15, 0.2) is 0 Å². The summed E-state index contributed by atoms with van der Waals surface area (Å²) >= 11 is 0. The van der Waals surface area contributed by atoms with Crippen LogP contribution in [0.5, 0.6) is 5.75 Å². The quantitative estimate of drug-likeness (QED) is 0.919. The summed E-state index contributed by atoms with van der Waals surface area (Å²) in [6.45, 7) is 9.15. The van der Waals surface area contributed by atoms with Gasteiger partial charge in [-0.1, -0.05) is 24.6 Å². The van der Waals surface area contributed by atoms with Crippen molar-refractivity contribution in [3.63, 3.8) is 0 Å². The molecule has 1 fully saturated rings. The standard InChI is InChI=1S/C18H28N2O/c1-18(2)14-16(15-8-4-5-9-17(15)21-18)19-10-13-20-11-6-3-7-12-20/h4-5,8-9,16,19H,3,6-7,10-14H2,1-2H3. The van der Waals surface area contributed by atoms with Crippen molar-refractivity contribution < 1.29 is 4.74 Å². The van der Waals surface area contributed by atoms with E-state index in [0.717, 1.165) is 18.7 Å². The number of fused-ring (bicyclic) bond motifs is 1. The third-order valence-corrected chi connectivity index (χ3v) is 4.64. The molecule has 1 aromatic rings. The molecule has 1 saturated heterocycles. The molecule has 3 heteroatoms. The number of para-hydroxylation sites is 1. The number of ether oxygens (including phenoxy) is 1. The number of hydrogen-bond donors (Lipinski definition) is 1. The number of piperidine rings is 1. The van der Waals surface area contributed by atoms with Crippen LogP contribution in [-0.2, 0) is 0 Å². The van der Waals surface area contributed by atoms with Crippen LogP contribution >= 0.6 is 0 Å². The summed E-state index contributed by atoms with van der Waals surface area (Å²) in [5.74, 6) is 1.05. The minimum absolute atomic E-state index is 0.0862. The van der Waals surface area contributed by atoms with E-state index in [1.165, 1.54) is 44.5 Å². The number of likely N-dealkylation sites (tertiary alicyclic amines) is 1. The van der Waals surface area contributed by atoms with E-state index in [0.29, 0.717) is 6.04 Å². The number of hydrogen-bond acceptors (Lipinski definition) is 3. The first-order valence-electron chi connectivity index (χ1n) is 8.38. The zero-order chi connectivity index (χ0) is 14.7. The highest BCUT2D eigenvalue weighted by Gasteiger charge is 2.33.